The molecule has 0 radical (unpaired) electrons. The van der Waals surface area contributed by atoms with Gasteiger partial charge in [-0.15, -0.1) is 0 Å². The number of fused-ring (bicyclic) bond motifs is 1. The van der Waals surface area contributed by atoms with Crippen LogP contribution in [0.2, 0.25) is 5.02 Å². The zero-order valence-corrected chi connectivity index (χ0v) is 19.2. The minimum absolute atomic E-state index is 0.158. The fourth-order valence-electron chi connectivity index (χ4n) is 3.91. The van der Waals surface area contributed by atoms with E-state index in [-0.39, 0.29) is 11.3 Å². The number of hydrogen-bond acceptors (Lipinski definition) is 4. The third-order valence-electron chi connectivity index (χ3n) is 5.63. The normalized spacial score (nSPS) is 14.9. The Morgan fingerprint density at radius 1 is 0.857 bits per heavy atom. The van der Waals surface area contributed by atoms with Crippen LogP contribution in [0.3, 0.4) is 0 Å². The van der Waals surface area contributed by atoms with Crippen LogP contribution in [-0.2, 0) is 16.2 Å². The van der Waals surface area contributed by atoms with Gasteiger partial charge in [0.1, 0.15) is 17.9 Å². The van der Waals surface area contributed by atoms with E-state index in [1.54, 1.807) is 42.5 Å². The first-order chi connectivity index (χ1) is 17.0. The Hall–Kier alpha value is -4.42. The van der Waals surface area contributed by atoms with Crippen molar-refractivity contribution in [3.8, 4) is 5.75 Å². The van der Waals surface area contributed by atoms with Crippen molar-refractivity contribution in [3.05, 3.63) is 113 Å². The predicted octanol–water partition coefficient (Wildman–Crippen LogP) is 5.74. The molecule has 0 unspecified atom stereocenters. The molecule has 1 N–H and O–H groups in total. The Labute approximate surface area is 206 Å². The van der Waals surface area contributed by atoms with Gasteiger partial charge in [-0.2, -0.15) is 0 Å². The molecule has 1 fully saturated rings. The second-order valence-electron chi connectivity index (χ2n) is 7.93. The lowest BCUT2D eigenvalue weighted by Crippen LogP contribution is -2.54. The Kier molecular flexibility index (Phi) is 6.04. The molecule has 1 aliphatic rings. The van der Waals surface area contributed by atoms with Crippen LogP contribution in [0.5, 0.6) is 5.75 Å². The van der Waals surface area contributed by atoms with Gasteiger partial charge in [0.2, 0.25) is 0 Å². The maximum Gasteiger partial charge on any atom is 0.335 e. The van der Waals surface area contributed by atoms with Crippen LogP contribution in [0, 0.1) is 0 Å². The molecule has 0 bridgehead atoms. The lowest BCUT2D eigenvalue weighted by Gasteiger charge is -2.26. The summed E-state index contributed by atoms with van der Waals surface area (Å²) >= 11 is 6.00. The average Bonchev–Trinajstić information content (AvgIpc) is 2.86. The molecule has 0 aliphatic carbocycles. The maximum absolute atomic E-state index is 13.0. The zero-order valence-electron chi connectivity index (χ0n) is 18.4. The van der Waals surface area contributed by atoms with Crippen molar-refractivity contribution in [1.82, 2.24) is 5.32 Å². The summed E-state index contributed by atoms with van der Waals surface area (Å²) in [5.74, 6) is -0.831. The van der Waals surface area contributed by atoms with Gasteiger partial charge in [0, 0.05) is 5.02 Å². The molecule has 4 amide bonds. The number of urea groups is 1. The summed E-state index contributed by atoms with van der Waals surface area (Å²) in [6.07, 6.45) is 1.44. The fraction of sp³-hybridized carbons (Fsp3) is 0.0357. The van der Waals surface area contributed by atoms with Crippen LogP contribution in [0.15, 0.2) is 96.6 Å². The van der Waals surface area contributed by atoms with E-state index in [0.29, 0.717) is 22.9 Å². The van der Waals surface area contributed by atoms with Crippen molar-refractivity contribution < 1.29 is 19.1 Å². The van der Waals surface area contributed by atoms with Crippen LogP contribution < -0.4 is 15.0 Å². The molecule has 7 heteroatoms. The summed E-state index contributed by atoms with van der Waals surface area (Å²) in [7, 11) is 0. The van der Waals surface area contributed by atoms with Gasteiger partial charge in [-0.05, 0) is 58.3 Å². The number of ether oxygens (including phenoxy) is 1. The van der Waals surface area contributed by atoms with Crippen LogP contribution in [-0.4, -0.2) is 17.8 Å². The number of nitrogens with one attached hydrogen (secondary N) is 1. The summed E-state index contributed by atoms with van der Waals surface area (Å²) in [6.45, 7) is 0.402. The number of carbonyl (C=O) groups is 3. The smallest absolute Gasteiger partial charge is 0.335 e. The van der Waals surface area contributed by atoms with Crippen molar-refractivity contribution in [2.45, 2.75) is 6.61 Å². The van der Waals surface area contributed by atoms with Crippen molar-refractivity contribution in [3.63, 3.8) is 0 Å². The van der Waals surface area contributed by atoms with Crippen molar-refractivity contribution in [1.29, 1.82) is 0 Å². The molecule has 4 aromatic rings. The molecule has 0 atom stereocenters. The highest BCUT2D eigenvalue weighted by atomic mass is 35.5. The number of anilines is 1. The quantitative estimate of drug-likeness (QED) is 0.291. The fourth-order valence-corrected chi connectivity index (χ4v) is 4.10. The summed E-state index contributed by atoms with van der Waals surface area (Å²) in [5.41, 5.74) is 1.80. The van der Waals surface area contributed by atoms with Crippen molar-refractivity contribution in [2.75, 3.05) is 4.90 Å². The van der Waals surface area contributed by atoms with E-state index in [1.807, 2.05) is 24.3 Å². The summed E-state index contributed by atoms with van der Waals surface area (Å²) in [5, 5.41) is 4.85. The third-order valence-corrected chi connectivity index (χ3v) is 5.87. The first-order valence-corrected chi connectivity index (χ1v) is 11.2. The highest BCUT2D eigenvalue weighted by Gasteiger charge is 2.36. The van der Waals surface area contributed by atoms with Crippen molar-refractivity contribution >= 4 is 52.0 Å². The molecule has 0 spiro atoms. The molecule has 1 heterocycles. The van der Waals surface area contributed by atoms with Gasteiger partial charge in [-0.25, -0.2) is 9.69 Å². The number of benzene rings is 4. The van der Waals surface area contributed by atoms with Gasteiger partial charge in [-0.1, -0.05) is 72.3 Å². The second-order valence-corrected chi connectivity index (χ2v) is 8.37. The summed E-state index contributed by atoms with van der Waals surface area (Å²) in [4.78, 5) is 38.6. The Morgan fingerprint density at radius 2 is 1.60 bits per heavy atom. The van der Waals surface area contributed by atoms with E-state index in [0.717, 1.165) is 21.2 Å². The number of nitrogens with zero attached hydrogens (tertiary/aromatic N) is 1. The average molecular weight is 483 g/mol. The minimum atomic E-state index is -0.823. The molecule has 1 aliphatic heterocycles. The standard InChI is InChI=1S/C28H19ClN2O4/c29-21-8-4-9-22(16-21)31-27(33)25(26(32)30-28(31)34)15-18-11-13-23(14-12-18)35-17-20-7-3-6-19-5-1-2-10-24(19)20/h1-16H,17H2,(H,30,32,34)/b25-15+. The molecule has 0 aromatic heterocycles. The zero-order chi connectivity index (χ0) is 24.4. The van der Waals surface area contributed by atoms with Gasteiger partial charge in [0.25, 0.3) is 11.8 Å². The molecule has 172 valence electrons. The lowest BCUT2D eigenvalue weighted by molar-refractivity contribution is -0.122. The highest BCUT2D eigenvalue weighted by molar-refractivity contribution is 6.39. The van der Waals surface area contributed by atoms with Crippen molar-refractivity contribution in [2.24, 2.45) is 0 Å². The molecule has 5 rings (SSSR count). The molecule has 4 aromatic carbocycles. The summed E-state index contributed by atoms with van der Waals surface area (Å²) < 4.78 is 5.96. The minimum Gasteiger partial charge on any atom is -0.489 e. The number of barbiturate groups is 1. The molecular weight excluding hydrogens is 464 g/mol. The van der Waals surface area contributed by atoms with Crippen LogP contribution >= 0.6 is 11.6 Å². The topological polar surface area (TPSA) is 75.7 Å². The second kappa shape index (κ2) is 9.44. The first-order valence-electron chi connectivity index (χ1n) is 10.9. The number of imide groups is 2. The largest absolute Gasteiger partial charge is 0.489 e. The number of halogens is 1. The van der Waals surface area contributed by atoms with E-state index in [9.17, 15) is 14.4 Å². The maximum atomic E-state index is 13.0. The molecule has 1 saturated heterocycles. The lowest BCUT2D eigenvalue weighted by atomic mass is 10.1. The number of carbonyl (C=O) groups excluding carboxylic acids is 3. The van der Waals surface area contributed by atoms with E-state index < -0.39 is 17.8 Å². The van der Waals surface area contributed by atoms with E-state index in [1.165, 1.54) is 12.1 Å². The Bertz CT molecular complexity index is 1490. The van der Waals surface area contributed by atoms with Gasteiger partial charge in [0.05, 0.1) is 5.69 Å². The van der Waals surface area contributed by atoms with E-state index in [4.69, 9.17) is 16.3 Å². The van der Waals surface area contributed by atoms with Gasteiger partial charge >= 0.3 is 6.03 Å². The first kappa shape index (κ1) is 22.4. The van der Waals surface area contributed by atoms with E-state index >= 15 is 0 Å². The number of amides is 4. The van der Waals surface area contributed by atoms with Crippen LogP contribution in [0.1, 0.15) is 11.1 Å². The Balaban J connectivity index is 1.34. The number of hydrogen-bond donors (Lipinski definition) is 1. The van der Waals surface area contributed by atoms with Gasteiger partial charge < -0.3 is 4.74 Å². The van der Waals surface area contributed by atoms with Crippen LogP contribution in [0.4, 0.5) is 10.5 Å². The highest BCUT2D eigenvalue weighted by Crippen LogP contribution is 2.25. The molecule has 0 saturated carbocycles. The summed E-state index contributed by atoms with van der Waals surface area (Å²) in [6, 6.07) is 26.7. The molecule has 6 nitrogen and oxygen atoms in total. The molecule has 35 heavy (non-hydrogen) atoms. The number of rotatable bonds is 5. The SMILES string of the molecule is O=C1NC(=O)N(c2cccc(Cl)c2)C(=O)/C1=C/c1ccc(OCc2cccc3ccccc23)cc1. The van der Waals surface area contributed by atoms with Gasteiger partial charge in [-0.3, -0.25) is 14.9 Å². The van der Waals surface area contributed by atoms with Crippen LogP contribution in [0.25, 0.3) is 16.8 Å². The third kappa shape index (κ3) is 4.65. The molecular formula is C28H19ClN2O4. The predicted molar refractivity (Wildman–Crippen MR) is 135 cm³/mol. The monoisotopic (exact) mass is 482 g/mol. The van der Waals surface area contributed by atoms with E-state index in [2.05, 4.69) is 23.5 Å². The van der Waals surface area contributed by atoms with Gasteiger partial charge in [0.15, 0.2) is 0 Å². The Morgan fingerprint density at radius 3 is 2.40 bits per heavy atom.